The molecule has 0 aliphatic carbocycles. The average Bonchev–Trinajstić information content (AvgIpc) is 2.51. The van der Waals surface area contributed by atoms with Crippen molar-refractivity contribution in [3.05, 3.63) is 54.1 Å². The topological polar surface area (TPSA) is 47.6 Å². The molecule has 4 nitrogen and oxygen atoms in total. The van der Waals surface area contributed by atoms with Gasteiger partial charge in [0.15, 0.2) is 0 Å². The van der Waals surface area contributed by atoms with Crippen LogP contribution in [-0.2, 0) is 4.74 Å². The van der Waals surface area contributed by atoms with Gasteiger partial charge in [0, 0.05) is 0 Å². The monoisotopic (exact) mass is 327 g/mol. The van der Waals surface area contributed by atoms with Gasteiger partial charge >= 0.3 is 6.09 Å². The molecule has 4 heteroatoms. The number of hydrogen-bond acceptors (Lipinski definition) is 3. The van der Waals surface area contributed by atoms with Crippen LogP contribution in [0.1, 0.15) is 26.3 Å². The van der Waals surface area contributed by atoms with Gasteiger partial charge in [-0.2, -0.15) is 0 Å². The lowest BCUT2D eigenvalue weighted by Crippen LogP contribution is -2.34. The molecule has 0 bridgehead atoms. The zero-order valence-corrected chi connectivity index (χ0v) is 14.8. The summed E-state index contributed by atoms with van der Waals surface area (Å²) in [4.78, 5) is 11.6. The van der Waals surface area contributed by atoms with Crippen LogP contribution in [0, 0.1) is 6.92 Å². The SMILES string of the molecule is Cc1ccccc1-c1cccc(OCCNC(=O)OC(C)(C)C)c1. The molecule has 0 saturated heterocycles. The predicted octanol–water partition coefficient (Wildman–Crippen LogP) is 4.57. The van der Waals surface area contributed by atoms with E-state index in [1.807, 2.05) is 51.1 Å². The number of aryl methyl sites for hydroxylation is 1. The maximum absolute atomic E-state index is 11.6. The van der Waals surface area contributed by atoms with Gasteiger partial charge in [-0.05, 0) is 56.5 Å². The smallest absolute Gasteiger partial charge is 0.407 e. The molecule has 2 aromatic carbocycles. The molecule has 0 atom stereocenters. The molecule has 0 aliphatic heterocycles. The van der Waals surface area contributed by atoms with Gasteiger partial charge < -0.3 is 14.8 Å². The van der Waals surface area contributed by atoms with Gasteiger partial charge in [0.2, 0.25) is 0 Å². The van der Waals surface area contributed by atoms with Crippen LogP contribution >= 0.6 is 0 Å². The van der Waals surface area contributed by atoms with Crippen LogP contribution < -0.4 is 10.1 Å². The van der Waals surface area contributed by atoms with Gasteiger partial charge in [-0.1, -0.05) is 36.4 Å². The fourth-order valence-corrected chi connectivity index (χ4v) is 2.29. The number of ether oxygens (including phenoxy) is 2. The molecule has 0 fully saturated rings. The first kappa shape index (κ1) is 17.9. The number of benzene rings is 2. The Morgan fingerprint density at radius 2 is 1.83 bits per heavy atom. The fourth-order valence-electron chi connectivity index (χ4n) is 2.29. The lowest BCUT2D eigenvalue weighted by molar-refractivity contribution is 0.0520. The van der Waals surface area contributed by atoms with Crippen LogP contribution in [0.2, 0.25) is 0 Å². The van der Waals surface area contributed by atoms with Crippen molar-refractivity contribution >= 4 is 6.09 Å². The second-order valence-electron chi connectivity index (χ2n) is 6.62. The van der Waals surface area contributed by atoms with E-state index in [1.54, 1.807) is 0 Å². The first-order valence-electron chi connectivity index (χ1n) is 8.11. The van der Waals surface area contributed by atoms with E-state index < -0.39 is 11.7 Å². The summed E-state index contributed by atoms with van der Waals surface area (Å²) in [5.74, 6) is 0.779. The molecular weight excluding hydrogens is 302 g/mol. The third-order valence-corrected chi connectivity index (χ3v) is 3.33. The molecule has 1 N–H and O–H groups in total. The summed E-state index contributed by atoms with van der Waals surface area (Å²) in [5.41, 5.74) is 3.04. The van der Waals surface area contributed by atoms with E-state index in [0.29, 0.717) is 13.2 Å². The van der Waals surface area contributed by atoms with E-state index in [1.165, 1.54) is 11.1 Å². The summed E-state index contributed by atoms with van der Waals surface area (Å²) < 4.78 is 10.9. The molecule has 0 radical (unpaired) electrons. The van der Waals surface area contributed by atoms with Crippen LogP contribution in [0.4, 0.5) is 4.79 Å². The van der Waals surface area contributed by atoms with Crippen LogP contribution in [0.15, 0.2) is 48.5 Å². The Hall–Kier alpha value is -2.49. The number of nitrogens with one attached hydrogen (secondary N) is 1. The van der Waals surface area contributed by atoms with Crippen LogP contribution in [0.5, 0.6) is 5.75 Å². The quantitative estimate of drug-likeness (QED) is 0.819. The molecule has 128 valence electrons. The van der Waals surface area contributed by atoms with E-state index in [4.69, 9.17) is 9.47 Å². The molecule has 2 rings (SSSR count). The van der Waals surface area contributed by atoms with E-state index in [-0.39, 0.29) is 0 Å². The summed E-state index contributed by atoms with van der Waals surface area (Å²) in [5, 5.41) is 2.68. The lowest BCUT2D eigenvalue weighted by atomic mass is 10.0. The highest BCUT2D eigenvalue weighted by Crippen LogP contribution is 2.26. The van der Waals surface area contributed by atoms with Crippen molar-refractivity contribution in [2.75, 3.05) is 13.2 Å². The van der Waals surface area contributed by atoms with Crippen LogP contribution in [0.25, 0.3) is 11.1 Å². The first-order chi connectivity index (χ1) is 11.3. The highest BCUT2D eigenvalue weighted by atomic mass is 16.6. The van der Waals surface area contributed by atoms with Gasteiger partial charge in [-0.25, -0.2) is 4.79 Å². The molecule has 0 spiro atoms. The van der Waals surface area contributed by atoms with Gasteiger partial charge in [0.25, 0.3) is 0 Å². The Morgan fingerprint density at radius 1 is 1.08 bits per heavy atom. The molecule has 24 heavy (non-hydrogen) atoms. The van der Waals surface area contributed by atoms with Crippen molar-refractivity contribution in [1.82, 2.24) is 5.32 Å². The zero-order valence-electron chi connectivity index (χ0n) is 14.8. The maximum Gasteiger partial charge on any atom is 0.407 e. The van der Waals surface area contributed by atoms with Crippen molar-refractivity contribution in [3.8, 4) is 16.9 Å². The average molecular weight is 327 g/mol. The molecule has 0 saturated carbocycles. The van der Waals surface area contributed by atoms with Crippen molar-refractivity contribution in [2.45, 2.75) is 33.3 Å². The maximum atomic E-state index is 11.6. The van der Waals surface area contributed by atoms with E-state index in [9.17, 15) is 4.79 Å². The van der Waals surface area contributed by atoms with Gasteiger partial charge in [-0.15, -0.1) is 0 Å². The second-order valence-corrected chi connectivity index (χ2v) is 6.62. The molecule has 0 unspecified atom stereocenters. The highest BCUT2D eigenvalue weighted by Gasteiger charge is 2.15. The second kappa shape index (κ2) is 7.86. The van der Waals surface area contributed by atoms with Gasteiger partial charge in [0.05, 0.1) is 6.54 Å². The Morgan fingerprint density at radius 3 is 2.54 bits per heavy atom. The number of alkyl carbamates (subject to hydrolysis) is 1. The normalized spacial score (nSPS) is 11.0. The zero-order chi connectivity index (χ0) is 17.6. The third-order valence-electron chi connectivity index (χ3n) is 3.33. The Labute approximate surface area is 143 Å². The Bertz CT molecular complexity index is 689. The first-order valence-corrected chi connectivity index (χ1v) is 8.11. The number of hydrogen-bond donors (Lipinski definition) is 1. The van der Waals surface area contributed by atoms with Gasteiger partial charge in [-0.3, -0.25) is 0 Å². The van der Waals surface area contributed by atoms with E-state index >= 15 is 0 Å². The number of amides is 1. The summed E-state index contributed by atoms with van der Waals surface area (Å²) in [7, 11) is 0. The van der Waals surface area contributed by atoms with Crippen molar-refractivity contribution in [1.29, 1.82) is 0 Å². The predicted molar refractivity (Wildman–Crippen MR) is 96.3 cm³/mol. The highest BCUT2D eigenvalue weighted by molar-refractivity contribution is 5.68. The van der Waals surface area contributed by atoms with Crippen LogP contribution in [-0.4, -0.2) is 24.8 Å². The molecule has 0 heterocycles. The van der Waals surface area contributed by atoms with E-state index in [2.05, 4.69) is 30.4 Å². The summed E-state index contributed by atoms with van der Waals surface area (Å²) >= 11 is 0. The van der Waals surface area contributed by atoms with Gasteiger partial charge in [0.1, 0.15) is 18.0 Å². The van der Waals surface area contributed by atoms with Crippen LogP contribution in [0.3, 0.4) is 0 Å². The van der Waals surface area contributed by atoms with Crippen molar-refractivity contribution in [3.63, 3.8) is 0 Å². The third kappa shape index (κ3) is 5.61. The van der Waals surface area contributed by atoms with Crippen molar-refractivity contribution in [2.24, 2.45) is 0 Å². The largest absolute Gasteiger partial charge is 0.492 e. The molecule has 0 aromatic heterocycles. The van der Waals surface area contributed by atoms with E-state index in [0.717, 1.165) is 11.3 Å². The molecule has 2 aromatic rings. The number of carbonyl (C=O) groups excluding carboxylic acids is 1. The minimum Gasteiger partial charge on any atom is -0.492 e. The Balaban J connectivity index is 1.87. The molecular formula is C20H25NO3. The minimum absolute atomic E-state index is 0.385. The lowest BCUT2D eigenvalue weighted by Gasteiger charge is -2.19. The number of carbonyl (C=O) groups is 1. The molecule has 1 amide bonds. The minimum atomic E-state index is -0.493. The summed E-state index contributed by atoms with van der Waals surface area (Å²) in [6.45, 7) is 8.37. The standard InChI is InChI=1S/C20H25NO3/c1-15-8-5-6-11-18(15)16-9-7-10-17(14-16)23-13-12-21-19(22)24-20(2,3)4/h5-11,14H,12-13H2,1-4H3,(H,21,22). The summed E-state index contributed by atoms with van der Waals surface area (Å²) in [6, 6.07) is 16.2. The molecule has 0 aliphatic rings. The van der Waals surface area contributed by atoms with Crippen molar-refractivity contribution < 1.29 is 14.3 Å². The summed E-state index contributed by atoms with van der Waals surface area (Å²) in [6.07, 6.45) is -0.431. The number of rotatable bonds is 5. The fraction of sp³-hybridized carbons (Fsp3) is 0.350. The Kier molecular flexibility index (Phi) is 5.85.